The van der Waals surface area contributed by atoms with E-state index in [4.69, 9.17) is 34.7 Å². The number of guanidine groups is 3. The molecular formula is C30H33N7OS. The van der Waals surface area contributed by atoms with Gasteiger partial charge in [0, 0.05) is 16.4 Å². The minimum atomic E-state index is 0.484. The van der Waals surface area contributed by atoms with Crippen LogP contribution in [0.2, 0.25) is 0 Å². The molecule has 0 aromatic heterocycles. The number of hydrogen-bond donors (Lipinski definition) is 0. The van der Waals surface area contributed by atoms with Crippen molar-refractivity contribution < 1.29 is 4.74 Å². The number of ether oxygens (including phenoxy) is 1. The van der Waals surface area contributed by atoms with Crippen LogP contribution in [0.15, 0.2) is 54.2 Å². The number of thioether (sulfide) groups is 1. The van der Waals surface area contributed by atoms with Gasteiger partial charge in [0.05, 0.1) is 7.11 Å². The third-order valence-electron chi connectivity index (χ3n) is 7.51. The third-order valence-corrected chi connectivity index (χ3v) is 8.70. The number of aliphatic imine (C=N–C) groups is 6. The van der Waals surface area contributed by atoms with E-state index in [0.29, 0.717) is 40.0 Å². The zero-order valence-corrected chi connectivity index (χ0v) is 24.2. The number of benzene rings is 2. The van der Waals surface area contributed by atoms with Crippen molar-refractivity contribution in [2.75, 3.05) is 7.11 Å². The second kappa shape index (κ2) is 10.2. The van der Waals surface area contributed by atoms with E-state index in [9.17, 15) is 0 Å². The second-order valence-electron chi connectivity index (χ2n) is 10.6. The first-order valence-electron chi connectivity index (χ1n) is 13.5. The molecule has 0 N–H and O–H groups in total. The lowest BCUT2D eigenvalue weighted by Crippen LogP contribution is -2.48. The normalized spacial score (nSPS) is 18.9. The maximum Gasteiger partial charge on any atom is 0.244 e. The largest absolute Gasteiger partial charge is 0.497 e. The molecule has 1 fully saturated rings. The Bertz CT molecular complexity index is 1510. The summed E-state index contributed by atoms with van der Waals surface area (Å²) in [5.74, 6) is 3.53. The van der Waals surface area contributed by atoms with Gasteiger partial charge in [-0.05, 0) is 81.8 Å². The van der Waals surface area contributed by atoms with Crippen LogP contribution in [-0.2, 0) is 0 Å². The number of hydrogen-bond acceptors (Lipinski definition) is 9. The lowest BCUT2D eigenvalue weighted by Gasteiger charge is -2.31. The molecule has 0 bridgehead atoms. The van der Waals surface area contributed by atoms with E-state index >= 15 is 0 Å². The summed E-state index contributed by atoms with van der Waals surface area (Å²) in [6.45, 7) is 10.4. The van der Waals surface area contributed by atoms with Gasteiger partial charge in [-0.15, -0.1) is 0 Å². The molecular weight excluding hydrogens is 506 g/mol. The summed E-state index contributed by atoms with van der Waals surface area (Å²) in [7, 11) is 1.68. The Labute approximate surface area is 233 Å². The Kier molecular flexibility index (Phi) is 6.71. The summed E-state index contributed by atoms with van der Waals surface area (Å²) < 4.78 is 5.49. The molecule has 9 heteroatoms. The monoisotopic (exact) mass is 539 g/mol. The van der Waals surface area contributed by atoms with E-state index in [1.807, 2.05) is 12.1 Å². The maximum atomic E-state index is 5.49. The van der Waals surface area contributed by atoms with Gasteiger partial charge in [-0.3, -0.25) is 0 Å². The van der Waals surface area contributed by atoms with Crippen LogP contribution in [0.25, 0.3) is 0 Å². The fourth-order valence-corrected chi connectivity index (χ4v) is 6.94. The van der Waals surface area contributed by atoms with Crippen LogP contribution in [0.4, 0.5) is 0 Å². The van der Waals surface area contributed by atoms with Crippen molar-refractivity contribution in [3.05, 3.63) is 63.2 Å². The van der Waals surface area contributed by atoms with Crippen LogP contribution in [0.1, 0.15) is 71.0 Å². The molecule has 3 heterocycles. The highest BCUT2D eigenvalue weighted by molar-refractivity contribution is 8.14. The molecule has 8 nitrogen and oxygen atoms in total. The van der Waals surface area contributed by atoms with Crippen molar-refractivity contribution in [2.45, 2.75) is 72.0 Å². The predicted molar refractivity (Wildman–Crippen MR) is 162 cm³/mol. The summed E-state index contributed by atoms with van der Waals surface area (Å²) in [6, 6.07) is 8.34. The van der Waals surface area contributed by atoms with Gasteiger partial charge in [-0.1, -0.05) is 48.7 Å². The third kappa shape index (κ3) is 4.84. The van der Waals surface area contributed by atoms with Gasteiger partial charge in [0.2, 0.25) is 17.9 Å². The minimum absolute atomic E-state index is 0.484. The van der Waals surface area contributed by atoms with Crippen LogP contribution in [0.5, 0.6) is 5.75 Å². The molecule has 1 aliphatic carbocycles. The Morgan fingerprint density at radius 2 is 1.18 bits per heavy atom. The van der Waals surface area contributed by atoms with E-state index in [0.717, 1.165) is 39.1 Å². The maximum absolute atomic E-state index is 5.49. The summed E-state index contributed by atoms with van der Waals surface area (Å²) in [6.07, 6.45) is 6.19. The highest BCUT2D eigenvalue weighted by Gasteiger charge is 2.37. The van der Waals surface area contributed by atoms with Crippen molar-refractivity contribution in [3.8, 4) is 5.75 Å². The first-order valence-corrected chi connectivity index (χ1v) is 14.4. The van der Waals surface area contributed by atoms with Gasteiger partial charge in [-0.2, -0.15) is 30.0 Å². The van der Waals surface area contributed by atoms with Crippen molar-refractivity contribution in [1.29, 1.82) is 0 Å². The zero-order chi connectivity index (χ0) is 27.3. The van der Waals surface area contributed by atoms with Gasteiger partial charge in [-0.25, -0.2) is 4.90 Å². The highest BCUT2D eigenvalue weighted by Crippen LogP contribution is 2.33. The van der Waals surface area contributed by atoms with Crippen molar-refractivity contribution >= 4 is 46.5 Å². The molecule has 4 aliphatic rings. The van der Waals surface area contributed by atoms with E-state index < -0.39 is 0 Å². The molecule has 2 aromatic rings. The fraction of sp³-hybridized carbons (Fsp3) is 0.400. The number of rotatable bonds is 4. The second-order valence-corrected chi connectivity index (χ2v) is 11.9. The standard InChI is InChI=1S/C30H33N7OS/c1-16-12-17(2)23(18(3)13-16)25-31-27-32-26(24-19(4)14-21(38-6)15-20(24)5)34-29-36-30(35-28(33-25)37(27)29)39-22-10-8-7-9-11-22/h12-15,22H,7-11H2,1-6H3. The first-order chi connectivity index (χ1) is 18.8. The van der Waals surface area contributed by atoms with Crippen molar-refractivity contribution in [3.63, 3.8) is 0 Å². The Morgan fingerprint density at radius 1 is 0.667 bits per heavy atom. The lowest BCUT2D eigenvalue weighted by molar-refractivity contribution is 0.414. The molecule has 39 heavy (non-hydrogen) atoms. The van der Waals surface area contributed by atoms with Gasteiger partial charge in [0.25, 0.3) is 0 Å². The number of methoxy groups -OCH3 is 1. The number of amidine groups is 3. The Balaban J connectivity index is 1.50. The molecule has 0 saturated heterocycles. The van der Waals surface area contributed by atoms with Gasteiger partial charge in [0.15, 0.2) is 16.8 Å². The Hall–Kier alpha value is -3.59. The topological polar surface area (TPSA) is 86.6 Å². The zero-order valence-electron chi connectivity index (χ0n) is 23.4. The van der Waals surface area contributed by atoms with Crippen molar-refractivity contribution in [1.82, 2.24) is 4.90 Å². The highest BCUT2D eigenvalue weighted by atomic mass is 32.2. The van der Waals surface area contributed by atoms with Gasteiger partial charge >= 0.3 is 0 Å². The summed E-state index contributed by atoms with van der Waals surface area (Å²) in [5, 5.41) is 1.22. The van der Waals surface area contributed by atoms with Gasteiger partial charge in [0.1, 0.15) is 5.75 Å². The van der Waals surface area contributed by atoms with E-state index in [1.54, 1.807) is 23.8 Å². The van der Waals surface area contributed by atoms with E-state index in [1.165, 1.54) is 37.7 Å². The molecule has 3 aliphatic heterocycles. The van der Waals surface area contributed by atoms with Crippen LogP contribution >= 0.6 is 11.8 Å². The van der Waals surface area contributed by atoms with Gasteiger partial charge < -0.3 is 4.74 Å². The van der Waals surface area contributed by atoms with Crippen molar-refractivity contribution in [2.24, 2.45) is 30.0 Å². The molecule has 6 rings (SSSR count). The molecule has 0 radical (unpaired) electrons. The fourth-order valence-electron chi connectivity index (χ4n) is 5.80. The van der Waals surface area contributed by atoms with Crippen LogP contribution in [-0.4, -0.2) is 52.0 Å². The molecule has 0 amide bonds. The number of aryl methyl sites for hydroxylation is 5. The SMILES string of the molecule is COc1cc(C)c(C2=NC3=NC(SC4CCCCC4)=NC4=NC(c5c(C)cc(C)cc5C)=NC(=N2)N34)c(C)c1. The van der Waals surface area contributed by atoms with Crippen LogP contribution in [0.3, 0.4) is 0 Å². The lowest BCUT2D eigenvalue weighted by atomic mass is 9.99. The summed E-state index contributed by atoms with van der Waals surface area (Å²) in [4.78, 5) is 31.4. The molecule has 0 spiro atoms. The predicted octanol–water partition coefficient (Wildman–Crippen LogP) is 6.26. The smallest absolute Gasteiger partial charge is 0.244 e. The van der Waals surface area contributed by atoms with Crippen LogP contribution in [0, 0.1) is 34.6 Å². The molecule has 0 atom stereocenters. The minimum Gasteiger partial charge on any atom is -0.497 e. The van der Waals surface area contributed by atoms with E-state index in [-0.39, 0.29) is 0 Å². The average molecular weight is 540 g/mol. The Morgan fingerprint density at radius 3 is 1.74 bits per heavy atom. The molecule has 0 unspecified atom stereocenters. The number of nitrogens with zero attached hydrogens (tertiary/aromatic N) is 7. The molecule has 200 valence electrons. The molecule has 2 aromatic carbocycles. The van der Waals surface area contributed by atoms with Crippen LogP contribution < -0.4 is 4.74 Å². The average Bonchev–Trinajstić information content (AvgIpc) is 2.88. The first kappa shape index (κ1) is 25.7. The quantitative estimate of drug-likeness (QED) is 0.459. The summed E-state index contributed by atoms with van der Waals surface area (Å²) >= 11 is 1.74. The summed E-state index contributed by atoms with van der Waals surface area (Å²) in [5.41, 5.74) is 7.50. The van der Waals surface area contributed by atoms with E-state index in [2.05, 4.69) is 46.8 Å². The molecule has 1 saturated carbocycles.